The van der Waals surface area contributed by atoms with Crippen LogP contribution in [0, 0.1) is 0 Å². The van der Waals surface area contributed by atoms with Crippen molar-refractivity contribution in [1.82, 2.24) is 4.90 Å². The fraction of sp³-hybridized carbons (Fsp3) is 0.462. The predicted molar refractivity (Wildman–Crippen MR) is 66.9 cm³/mol. The van der Waals surface area contributed by atoms with Gasteiger partial charge in [-0.3, -0.25) is 4.79 Å². The molecule has 0 aromatic heterocycles. The van der Waals surface area contributed by atoms with E-state index in [9.17, 15) is 9.90 Å². The number of ether oxygens (including phenoxy) is 1. The Hall–Kier alpha value is -1.59. The first-order valence-corrected chi connectivity index (χ1v) is 5.93. The quantitative estimate of drug-likeness (QED) is 0.817. The van der Waals surface area contributed by atoms with E-state index in [1.807, 2.05) is 13.0 Å². The molecule has 5 nitrogen and oxygen atoms in total. The summed E-state index contributed by atoms with van der Waals surface area (Å²) < 4.78 is 5.45. The molecular formula is C13H18N2O3. The highest BCUT2D eigenvalue weighted by molar-refractivity contribution is 5.78. The minimum atomic E-state index is -0.502. The molecule has 1 saturated heterocycles. The zero-order valence-electron chi connectivity index (χ0n) is 10.4. The van der Waals surface area contributed by atoms with Gasteiger partial charge in [0.1, 0.15) is 12.4 Å². The standard InChI is InChI=1S/C13H18N2O3/c1-13(8-14)9-15(12(17)7-18-13)6-10-4-2-3-5-11(10)16/h2-5,16H,6-9,14H2,1H3. The molecule has 1 heterocycles. The number of carbonyl (C=O) groups is 1. The molecule has 5 heteroatoms. The topological polar surface area (TPSA) is 75.8 Å². The predicted octanol–water partition coefficient (Wildman–Crippen LogP) is 0.468. The number of carbonyl (C=O) groups excluding carboxylic acids is 1. The Bertz CT molecular complexity index is 450. The molecule has 1 unspecified atom stereocenters. The van der Waals surface area contributed by atoms with Gasteiger partial charge in [0.25, 0.3) is 0 Å². The Morgan fingerprint density at radius 2 is 2.22 bits per heavy atom. The number of nitrogens with zero attached hydrogens (tertiary/aromatic N) is 1. The molecule has 2 rings (SSSR count). The summed E-state index contributed by atoms with van der Waals surface area (Å²) in [6, 6.07) is 7.01. The van der Waals surface area contributed by atoms with Crippen molar-refractivity contribution in [2.45, 2.75) is 19.1 Å². The van der Waals surface area contributed by atoms with Crippen molar-refractivity contribution < 1.29 is 14.6 Å². The van der Waals surface area contributed by atoms with Crippen molar-refractivity contribution >= 4 is 5.91 Å². The largest absolute Gasteiger partial charge is 0.508 e. The minimum absolute atomic E-state index is 0.0430. The summed E-state index contributed by atoms with van der Waals surface area (Å²) in [5, 5.41) is 9.72. The van der Waals surface area contributed by atoms with Crippen molar-refractivity contribution in [2.75, 3.05) is 19.7 Å². The molecule has 0 radical (unpaired) electrons. The van der Waals surface area contributed by atoms with Crippen LogP contribution >= 0.6 is 0 Å². The van der Waals surface area contributed by atoms with Gasteiger partial charge in [0.15, 0.2) is 0 Å². The lowest BCUT2D eigenvalue weighted by Crippen LogP contribution is -2.56. The lowest BCUT2D eigenvalue weighted by Gasteiger charge is -2.39. The molecule has 1 aliphatic heterocycles. The van der Waals surface area contributed by atoms with Crippen molar-refractivity contribution in [3.8, 4) is 5.75 Å². The third-order valence-corrected chi connectivity index (χ3v) is 3.21. The number of hydrogen-bond donors (Lipinski definition) is 2. The zero-order chi connectivity index (χ0) is 13.2. The van der Waals surface area contributed by atoms with E-state index in [0.717, 1.165) is 5.56 Å². The number of nitrogens with two attached hydrogens (primary N) is 1. The number of para-hydroxylation sites is 1. The van der Waals surface area contributed by atoms with Gasteiger partial charge in [0.2, 0.25) is 5.91 Å². The molecule has 1 aromatic rings. The van der Waals surface area contributed by atoms with E-state index in [4.69, 9.17) is 10.5 Å². The number of phenols is 1. The number of amides is 1. The lowest BCUT2D eigenvalue weighted by molar-refractivity contribution is -0.160. The number of rotatable bonds is 3. The molecule has 1 amide bonds. The van der Waals surface area contributed by atoms with Crippen LogP contribution in [0.2, 0.25) is 0 Å². The molecular weight excluding hydrogens is 232 g/mol. The zero-order valence-corrected chi connectivity index (χ0v) is 10.4. The first-order valence-electron chi connectivity index (χ1n) is 5.93. The fourth-order valence-electron chi connectivity index (χ4n) is 1.98. The second kappa shape index (κ2) is 4.96. The summed E-state index contributed by atoms with van der Waals surface area (Å²) in [5.41, 5.74) is 5.88. The Balaban J connectivity index is 2.12. The Morgan fingerprint density at radius 1 is 1.50 bits per heavy atom. The Labute approximate surface area is 106 Å². The third kappa shape index (κ3) is 2.63. The molecule has 0 spiro atoms. The van der Waals surface area contributed by atoms with Gasteiger partial charge in [-0.25, -0.2) is 0 Å². The van der Waals surface area contributed by atoms with Gasteiger partial charge >= 0.3 is 0 Å². The van der Waals surface area contributed by atoms with E-state index in [0.29, 0.717) is 19.6 Å². The first kappa shape index (κ1) is 12.9. The molecule has 0 bridgehead atoms. The van der Waals surface area contributed by atoms with E-state index in [1.54, 1.807) is 23.1 Å². The molecule has 1 aromatic carbocycles. The van der Waals surface area contributed by atoms with Gasteiger partial charge in [0.05, 0.1) is 12.1 Å². The molecule has 1 aliphatic rings. The molecule has 3 N–H and O–H groups in total. The Kier molecular flexibility index (Phi) is 3.54. The number of hydrogen-bond acceptors (Lipinski definition) is 4. The SMILES string of the molecule is CC1(CN)CN(Cc2ccccc2O)C(=O)CO1. The number of benzene rings is 1. The molecule has 1 fully saturated rings. The summed E-state index contributed by atoms with van der Waals surface area (Å²) >= 11 is 0. The van der Waals surface area contributed by atoms with Gasteiger partial charge in [-0.05, 0) is 13.0 Å². The summed E-state index contributed by atoms with van der Waals surface area (Å²) in [7, 11) is 0. The highest BCUT2D eigenvalue weighted by Gasteiger charge is 2.34. The van der Waals surface area contributed by atoms with E-state index < -0.39 is 5.60 Å². The van der Waals surface area contributed by atoms with Crippen LogP contribution in [0.3, 0.4) is 0 Å². The van der Waals surface area contributed by atoms with E-state index in [-0.39, 0.29) is 18.3 Å². The second-order valence-corrected chi connectivity index (χ2v) is 4.82. The summed E-state index contributed by atoms with van der Waals surface area (Å²) in [5.74, 6) is 0.121. The van der Waals surface area contributed by atoms with Crippen molar-refractivity contribution in [3.05, 3.63) is 29.8 Å². The van der Waals surface area contributed by atoms with Crippen molar-refractivity contribution in [1.29, 1.82) is 0 Å². The molecule has 98 valence electrons. The van der Waals surface area contributed by atoms with Gasteiger partial charge in [-0.15, -0.1) is 0 Å². The smallest absolute Gasteiger partial charge is 0.249 e. The highest BCUT2D eigenvalue weighted by Crippen LogP contribution is 2.22. The maximum Gasteiger partial charge on any atom is 0.249 e. The van der Waals surface area contributed by atoms with Gasteiger partial charge in [0, 0.05) is 18.7 Å². The third-order valence-electron chi connectivity index (χ3n) is 3.21. The number of aromatic hydroxyl groups is 1. The number of morpholine rings is 1. The van der Waals surface area contributed by atoms with Crippen LogP contribution in [0.4, 0.5) is 0 Å². The second-order valence-electron chi connectivity index (χ2n) is 4.82. The summed E-state index contributed by atoms with van der Waals surface area (Å²) in [6.07, 6.45) is 0. The first-order chi connectivity index (χ1) is 8.54. The minimum Gasteiger partial charge on any atom is -0.508 e. The average molecular weight is 250 g/mol. The Morgan fingerprint density at radius 3 is 2.89 bits per heavy atom. The van der Waals surface area contributed by atoms with Crippen LogP contribution in [-0.4, -0.2) is 41.2 Å². The summed E-state index contributed by atoms with van der Waals surface area (Å²) in [4.78, 5) is 13.5. The van der Waals surface area contributed by atoms with E-state index in [2.05, 4.69) is 0 Å². The van der Waals surface area contributed by atoms with Gasteiger partial charge in [-0.2, -0.15) is 0 Å². The van der Waals surface area contributed by atoms with Crippen LogP contribution in [0.25, 0.3) is 0 Å². The van der Waals surface area contributed by atoms with Crippen LogP contribution < -0.4 is 5.73 Å². The van der Waals surface area contributed by atoms with E-state index in [1.165, 1.54) is 0 Å². The summed E-state index contributed by atoms with van der Waals surface area (Å²) in [6.45, 7) is 3.11. The molecule has 1 atom stereocenters. The van der Waals surface area contributed by atoms with Gasteiger partial charge < -0.3 is 20.5 Å². The van der Waals surface area contributed by atoms with Crippen LogP contribution in [0.15, 0.2) is 24.3 Å². The molecule has 0 aliphatic carbocycles. The van der Waals surface area contributed by atoms with Crippen LogP contribution in [-0.2, 0) is 16.1 Å². The van der Waals surface area contributed by atoms with Gasteiger partial charge in [-0.1, -0.05) is 18.2 Å². The fourth-order valence-corrected chi connectivity index (χ4v) is 1.98. The molecule has 0 saturated carbocycles. The average Bonchev–Trinajstić information content (AvgIpc) is 2.37. The maximum absolute atomic E-state index is 11.8. The van der Waals surface area contributed by atoms with Crippen molar-refractivity contribution in [2.24, 2.45) is 5.73 Å². The van der Waals surface area contributed by atoms with Crippen LogP contribution in [0.1, 0.15) is 12.5 Å². The molecule has 18 heavy (non-hydrogen) atoms. The van der Waals surface area contributed by atoms with Crippen LogP contribution in [0.5, 0.6) is 5.75 Å². The van der Waals surface area contributed by atoms with E-state index >= 15 is 0 Å². The highest BCUT2D eigenvalue weighted by atomic mass is 16.5. The monoisotopic (exact) mass is 250 g/mol. The lowest BCUT2D eigenvalue weighted by atomic mass is 10.0. The van der Waals surface area contributed by atoms with Crippen molar-refractivity contribution in [3.63, 3.8) is 0 Å². The number of phenolic OH excluding ortho intramolecular Hbond substituents is 1. The maximum atomic E-state index is 11.8. The normalized spacial score (nSPS) is 24.3.